The van der Waals surface area contributed by atoms with Crippen molar-refractivity contribution in [2.45, 2.75) is 33.1 Å². The number of hydrogen-bond donors (Lipinski definition) is 0. The Bertz CT molecular complexity index is 516. The highest BCUT2D eigenvalue weighted by Crippen LogP contribution is 2.34. The van der Waals surface area contributed by atoms with Crippen LogP contribution in [0.3, 0.4) is 0 Å². The van der Waals surface area contributed by atoms with Crippen LogP contribution in [0.4, 0.5) is 0 Å². The van der Waals surface area contributed by atoms with Crippen molar-refractivity contribution in [3.63, 3.8) is 0 Å². The van der Waals surface area contributed by atoms with E-state index in [2.05, 4.69) is 6.58 Å². The zero-order valence-electron chi connectivity index (χ0n) is 12.8. The van der Waals surface area contributed by atoms with Crippen LogP contribution in [0.5, 0.6) is 11.5 Å². The van der Waals surface area contributed by atoms with Crippen molar-refractivity contribution < 1.29 is 19.1 Å². The van der Waals surface area contributed by atoms with E-state index >= 15 is 0 Å². The molecule has 1 aromatic carbocycles. The van der Waals surface area contributed by atoms with Gasteiger partial charge in [0.2, 0.25) is 0 Å². The van der Waals surface area contributed by atoms with E-state index in [4.69, 9.17) is 9.47 Å². The first-order chi connectivity index (χ1) is 10.1. The Balaban J connectivity index is 3.21. The van der Waals surface area contributed by atoms with Crippen molar-refractivity contribution >= 4 is 12.3 Å². The van der Waals surface area contributed by atoms with Crippen molar-refractivity contribution in [1.82, 2.24) is 0 Å². The fourth-order valence-electron chi connectivity index (χ4n) is 2.13. The maximum atomic E-state index is 12.2. The molecule has 0 saturated carbocycles. The molecule has 0 unspecified atom stereocenters. The summed E-state index contributed by atoms with van der Waals surface area (Å²) < 4.78 is 10.8. The molecule has 0 amide bonds. The van der Waals surface area contributed by atoms with E-state index in [1.807, 2.05) is 13.8 Å². The number of ether oxygens (including phenoxy) is 2. The minimum Gasteiger partial charge on any atom is -0.493 e. The lowest BCUT2D eigenvalue weighted by Crippen LogP contribution is -2.20. The highest BCUT2D eigenvalue weighted by atomic mass is 16.6. The van der Waals surface area contributed by atoms with Crippen LogP contribution in [-0.2, 0) is 11.2 Å². The van der Waals surface area contributed by atoms with Gasteiger partial charge in [0.15, 0.2) is 11.5 Å². The number of hydrogen-bond acceptors (Lipinski definition) is 4. The minimum absolute atomic E-state index is 0.142. The third-order valence-electron chi connectivity index (χ3n) is 3.40. The maximum Gasteiger partial charge on any atom is 0.314 e. The van der Waals surface area contributed by atoms with Gasteiger partial charge in [-0.1, -0.05) is 19.9 Å². The van der Waals surface area contributed by atoms with Gasteiger partial charge in [0, 0.05) is 11.1 Å². The van der Waals surface area contributed by atoms with Gasteiger partial charge < -0.3 is 9.47 Å². The van der Waals surface area contributed by atoms with E-state index in [0.29, 0.717) is 29.0 Å². The summed E-state index contributed by atoms with van der Waals surface area (Å²) >= 11 is 0. The highest BCUT2D eigenvalue weighted by Gasteiger charge is 2.21. The molecule has 0 aliphatic rings. The van der Waals surface area contributed by atoms with Gasteiger partial charge in [-0.05, 0) is 31.4 Å². The SMILES string of the molecule is C=CCc1cc(C=O)cc(OC)c1OC(=O)C(CC)CC. The molecule has 1 aromatic rings. The van der Waals surface area contributed by atoms with Crippen molar-refractivity contribution in [3.05, 3.63) is 35.9 Å². The second-order valence-corrected chi connectivity index (χ2v) is 4.76. The maximum absolute atomic E-state index is 12.2. The Morgan fingerprint density at radius 1 is 1.33 bits per heavy atom. The molecule has 0 aliphatic heterocycles. The molecule has 4 heteroatoms. The van der Waals surface area contributed by atoms with Gasteiger partial charge >= 0.3 is 5.97 Å². The minimum atomic E-state index is -0.275. The predicted molar refractivity (Wildman–Crippen MR) is 82.0 cm³/mol. The van der Waals surface area contributed by atoms with Crippen LogP contribution in [0.15, 0.2) is 24.8 Å². The summed E-state index contributed by atoms with van der Waals surface area (Å²) in [6.07, 6.45) is 4.37. The van der Waals surface area contributed by atoms with Gasteiger partial charge in [0.1, 0.15) is 6.29 Å². The first-order valence-electron chi connectivity index (χ1n) is 7.09. The number of benzene rings is 1. The first kappa shape index (κ1) is 17.0. The van der Waals surface area contributed by atoms with Gasteiger partial charge in [-0.25, -0.2) is 0 Å². The van der Waals surface area contributed by atoms with E-state index in [-0.39, 0.29) is 11.9 Å². The van der Waals surface area contributed by atoms with Gasteiger partial charge in [0.25, 0.3) is 0 Å². The number of carbonyl (C=O) groups is 2. The molecule has 0 spiro atoms. The zero-order chi connectivity index (χ0) is 15.8. The molecule has 0 heterocycles. The second-order valence-electron chi connectivity index (χ2n) is 4.76. The van der Waals surface area contributed by atoms with E-state index in [1.54, 1.807) is 18.2 Å². The van der Waals surface area contributed by atoms with Crippen LogP contribution in [0.25, 0.3) is 0 Å². The molecule has 0 radical (unpaired) electrons. The van der Waals surface area contributed by atoms with E-state index in [0.717, 1.165) is 19.1 Å². The highest BCUT2D eigenvalue weighted by molar-refractivity contribution is 5.80. The lowest BCUT2D eigenvalue weighted by Gasteiger charge is -2.17. The van der Waals surface area contributed by atoms with Crippen LogP contribution in [0.1, 0.15) is 42.6 Å². The molecule has 21 heavy (non-hydrogen) atoms. The number of allylic oxidation sites excluding steroid dienone is 1. The number of carbonyl (C=O) groups excluding carboxylic acids is 2. The Labute approximate surface area is 125 Å². The second kappa shape index (κ2) is 8.25. The molecule has 0 N–H and O–H groups in total. The Morgan fingerprint density at radius 2 is 2.00 bits per heavy atom. The quantitative estimate of drug-likeness (QED) is 0.318. The molecule has 1 rings (SSSR count). The van der Waals surface area contributed by atoms with Crippen LogP contribution in [0.2, 0.25) is 0 Å². The fourth-order valence-corrected chi connectivity index (χ4v) is 2.13. The molecule has 0 fully saturated rings. The standard InChI is InChI=1S/C17H22O4/c1-5-8-14-9-12(11-18)10-15(20-4)16(14)21-17(19)13(6-2)7-3/h5,9-11,13H,1,6-8H2,2-4H3. The third kappa shape index (κ3) is 4.18. The molecule has 0 bridgehead atoms. The van der Waals surface area contributed by atoms with Gasteiger partial charge in [0.05, 0.1) is 13.0 Å². The Hall–Kier alpha value is -2.10. The van der Waals surface area contributed by atoms with Gasteiger partial charge in [-0.15, -0.1) is 6.58 Å². The summed E-state index contributed by atoms with van der Waals surface area (Å²) in [7, 11) is 1.48. The molecule has 0 saturated heterocycles. The summed E-state index contributed by atoms with van der Waals surface area (Å²) in [5, 5.41) is 0. The monoisotopic (exact) mass is 290 g/mol. The number of esters is 1. The van der Waals surface area contributed by atoms with Gasteiger partial charge in [-0.3, -0.25) is 9.59 Å². The number of aldehydes is 1. The van der Waals surface area contributed by atoms with Crippen LogP contribution in [-0.4, -0.2) is 19.4 Å². The van der Waals surface area contributed by atoms with Crippen LogP contribution < -0.4 is 9.47 Å². The van der Waals surface area contributed by atoms with E-state index in [1.165, 1.54) is 7.11 Å². The molecule has 4 nitrogen and oxygen atoms in total. The average molecular weight is 290 g/mol. The zero-order valence-corrected chi connectivity index (χ0v) is 12.8. The molecule has 0 atom stereocenters. The average Bonchev–Trinajstić information content (AvgIpc) is 2.50. The summed E-state index contributed by atoms with van der Waals surface area (Å²) in [6, 6.07) is 3.25. The number of rotatable bonds is 8. The fraction of sp³-hybridized carbons (Fsp3) is 0.412. The smallest absolute Gasteiger partial charge is 0.314 e. The first-order valence-corrected chi connectivity index (χ1v) is 7.09. The lowest BCUT2D eigenvalue weighted by atomic mass is 10.0. The third-order valence-corrected chi connectivity index (χ3v) is 3.40. The summed E-state index contributed by atoms with van der Waals surface area (Å²) in [5.41, 5.74) is 1.19. The normalized spacial score (nSPS) is 10.3. The molecule has 0 aromatic heterocycles. The van der Waals surface area contributed by atoms with Crippen LogP contribution in [0, 0.1) is 5.92 Å². The molecule has 0 aliphatic carbocycles. The van der Waals surface area contributed by atoms with Crippen molar-refractivity contribution in [1.29, 1.82) is 0 Å². The largest absolute Gasteiger partial charge is 0.493 e. The molecular formula is C17H22O4. The van der Waals surface area contributed by atoms with E-state index < -0.39 is 0 Å². The summed E-state index contributed by atoms with van der Waals surface area (Å²) in [5.74, 6) is 0.343. The van der Waals surface area contributed by atoms with Crippen molar-refractivity contribution in [3.8, 4) is 11.5 Å². The predicted octanol–water partition coefficient (Wildman–Crippen LogP) is 3.58. The van der Waals surface area contributed by atoms with Crippen molar-refractivity contribution in [2.75, 3.05) is 7.11 Å². The molecule has 114 valence electrons. The summed E-state index contributed by atoms with van der Waals surface area (Å²) in [4.78, 5) is 23.2. The molecular weight excluding hydrogens is 268 g/mol. The number of methoxy groups -OCH3 is 1. The van der Waals surface area contributed by atoms with Crippen molar-refractivity contribution in [2.24, 2.45) is 5.92 Å². The van der Waals surface area contributed by atoms with Gasteiger partial charge in [-0.2, -0.15) is 0 Å². The lowest BCUT2D eigenvalue weighted by molar-refractivity contribution is -0.139. The van der Waals surface area contributed by atoms with E-state index in [9.17, 15) is 9.59 Å². The Kier molecular flexibility index (Phi) is 6.66. The summed E-state index contributed by atoms with van der Waals surface area (Å²) in [6.45, 7) is 7.59. The topological polar surface area (TPSA) is 52.6 Å². The van der Waals surface area contributed by atoms with Crippen LogP contribution >= 0.6 is 0 Å². The Morgan fingerprint density at radius 3 is 2.48 bits per heavy atom.